The van der Waals surface area contributed by atoms with Crippen LogP contribution in [0.2, 0.25) is 0 Å². The van der Waals surface area contributed by atoms with Gasteiger partial charge in [-0.3, -0.25) is 4.90 Å². The molecule has 6 heteroatoms. The van der Waals surface area contributed by atoms with E-state index in [4.69, 9.17) is 0 Å². The van der Waals surface area contributed by atoms with Crippen LogP contribution in [0.25, 0.3) is 0 Å². The summed E-state index contributed by atoms with van der Waals surface area (Å²) in [7, 11) is -3.41. The Morgan fingerprint density at radius 2 is 2.05 bits per heavy atom. The summed E-state index contributed by atoms with van der Waals surface area (Å²) in [5.41, 5.74) is 0.930. The van der Waals surface area contributed by atoms with Crippen molar-refractivity contribution in [3.05, 3.63) is 28.2 Å². The Labute approximate surface area is 128 Å². The summed E-state index contributed by atoms with van der Waals surface area (Å²) in [5.74, 6) is 0. The molecule has 1 atom stereocenters. The number of likely N-dealkylation sites (tertiary alicyclic amines) is 1. The molecule has 3 rings (SSSR count). The SMILES string of the molecule is Cc1cc(S(=O)(=O)NC2CCN(C3CC3)C2)ccc1Br. The molecule has 0 bridgehead atoms. The first-order chi connectivity index (χ1) is 9.45. The maximum absolute atomic E-state index is 12.4. The van der Waals surface area contributed by atoms with Crippen molar-refractivity contribution in [1.29, 1.82) is 0 Å². The smallest absolute Gasteiger partial charge is 0.240 e. The molecule has 4 nitrogen and oxygen atoms in total. The predicted molar refractivity (Wildman–Crippen MR) is 82.2 cm³/mol. The highest BCUT2D eigenvalue weighted by atomic mass is 79.9. The van der Waals surface area contributed by atoms with Gasteiger partial charge in [0.25, 0.3) is 0 Å². The predicted octanol–water partition coefficient (Wildman–Crippen LogP) is 2.27. The molecule has 1 aromatic carbocycles. The van der Waals surface area contributed by atoms with E-state index in [2.05, 4.69) is 25.6 Å². The van der Waals surface area contributed by atoms with E-state index in [1.165, 1.54) is 12.8 Å². The van der Waals surface area contributed by atoms with E-state index in [9.17, 15) is 8.42 Å². The third-order valence-corrected chi connectivity index (χ3v) is 6.45. The van der Waals surface area contributed by atoms with Gasteiger partial charge in [0.2, 0.25) is 10.0 Å². The zero-order valence-electron chi connectivity index (χ0n) is 11.5. The molecule has 1 N–H and O–H groups in total. The molecule has 0 amide bonds. The van der Waals surface area contributed by atoms with E-state index in [0.29, 0.717) is 10.9 Å². The molecule has 1 aromatic rings. The first-order valence-electron chi connectivity index (χ1n) is 6.98. The second-order valence-corrected chi connectivity index (χ2v) is 8.31. The Kier molecular flexibility index (Phi) is 3.92. The molecular formula is C14H19BrN2O2S. The van der Waals surface area contributed by atoms with Crippen LogP contribution in [0.1, 0.15) is 24.8 Å². The minimum atomic E-state index is -3.41. The largest absolute Gasteiger partial charge is 0.299 e. The highest BCUT2D eigenvalue weighted by Gasteiger charge is 2.35. The van der Waals surface area contributed by atoms with Gasteiger partial charge >= 0.3 is 0 Å². The average Bonchev–Trinajstić information content (AvgIpc) is 3.14. The van der Waals surface area contributed by atoms with E-state index >= 15 is 0 Å². The van der Waals surface area contributed by atoms with Gasteiger partial charge in [0.1, 0.15) is 0 Å². The lowest BCUT2D eigenvalue weighted by atomic mass is 10.2. The van der Waals surface area contributed by atoms with Crippen molar-refractivity contribution < 1.29 is 8.42 Å². The van der Waals surface area contributed by atoms with Gasteiger partial charge in [-0.05, 0) is 49.9 Å². The summed E-state index contributed by atoms with van der Waals surface area (Å²) < 4.78 is 28.6. The fraction of sp³-hybridized carbons (Fsp3) is 0.571. The van der Waals surface area contributed by atoms with Crippen molar-refractivity contribution in [2.45, 2.75) is 43.2 Å². The van der Waals surface area contributed by atoms with Crippen LogP contribution in [0.15, 0.2) is 27.6 Å². The number of rotatable bonds is 4. The number of nitrogens with one attached hydrogen (secondary N) is 1. The zero-order valence-corrected chi connectivity index (χ0v) is 13.9. The fourth-order valence-electron chi connectivity index (χ4n) is 2.73. The second-order valence-electron chi connectivity index (χ2n) is 5.74. The minimum absolute atomic E-state index is 0.0459. The number of hydrogen-bond donors (Lipinski definition) is 1. The topological polar surface area (TPSA) is 49.4 Å². The van der Waals surface area contributed by atoms with Gasteiger partial charge in [0, 0.05) is 29.6 Å². The molecule has 1 saturated carbocycles. The lowest BCUT2D eigenvalue weighted by Gasteiger charge is -2.16. The Morgan fingerprint density at radius 1 is 1.30 bits per heavy atom. The van der Waals surface area contributed by atoms with Crippen LogP contribution in [-0.2, 0) is 10.0 Å². The maximum atomic E-state index is 12.4. The molecule has 0 spiro atoms. The van der Waals surface area contributed by atoms with Gasteiger partial charge in [-0.2, -0.15) is 0 Å². The van der Waals surface area contributed by atoms with Crippen LogP contribution >= 0.6 is 15.9 Å². The maximum Gasteiger partial charge on any atom is 0.240 e. The van der Waals surface area contributed by atoms with Crippen molar-refractivity contribution in [2.75, 3.05) is 13.1 Å². The van der Waals surface area contributed by atoms with E-state index in [0.717, 1.165) is 29.5 Å². The third-order valence-electron chi connectivity index (χ3n) is 4.04. The lowest BCUT2D eigenvalue weighted by Crippen LogP contribution is -2.37. The summed E-state index contributed by atoms with van der Waals surface area (Å²) >= 11 is 3.39. The van der Waals surface area contributed by atoms with E-state index in [-0.39, 0.29) is 6.04 Å². The van der Waals surface area contributed by atoms with Gasteiger partial charge in [-0.25, -0.2) is 13.1 Å². The van der Waals surface area contributed by atoms with Crippen molar-refractivity contribution >= 4 is 26.0 Å². The molecule has 20 heavy (non-hydrogen) atoms. The van der Waals surface area contributed by atoms with Crippen LogP contribution in [0.3, 0.4) is 0 Å². The fourth-order valence-corrected chi connectivity index (χ4v) is 4.32. The molecule has 1 aliphatic heterocycles. The van der Waals surface area contributed by atoms with Crippen LogP contribution in [0, 0.1) is 6.92 Å². The number of halogens is 1. The first-order valence-corrected chi connectivity index (χ1v) is 9.26. The van der Waals surface area contributed by atoms with Gasteiger partial charge in [-0.1, -0.05) is 15.9 Å². The number of hydrogen-bond acceptors (Lipinski definition) is 3. The summed E-state index contributed by atoms with van der Waals surface area (Å²) in [4.78, 5) is 2.75. The van der Waals surface area contributed by atoms with Crippen LogP contribution in [0.5, 0.6) is 0 Å². The van der Waals surface area contributed by atoms with Gasteiger partial charge in [0.15, 0.2) is 0 Å². The standard InChI is InChI=1S/C14H19BrN2O2S/c1-10-8-13(4-5-14(10)15)20(18,19)16-11-6-7-17(9-11)12-2-3-12/h4-5,8,11-12,16H,2-3,6-7,9H2,1H3. The number of benzene rings is 1. The normalized spacial score (nSPS) is 24.2. The summed E-state index contributed by atoms with van der Waals surface area (Å²) in [5, 5.41) is 0. The van der Waals surface area contributed by atoms with Crippen molar-refractivity contribution in [2.24, 2.45) is 0 Å². The number of sulfonamides is 1. The van der Waals surface area contributed by atoms with Crippen LogP contribution in [-0.4, -0.2) is 38.5 Å². The Balaban J connectivity index is 1.70. The van der Waals surface area contributed by atoms with Gasteiger partial charge in [-0.15, -0.1) is 0 Å². The molecule has 1 unspecified atom stereocenters. The molecule has 0 aromatic heterocycles. The Morgan fingerprint density at radius 3 is 2.70 bits per heavy atom. The Hall–Kier alpha value is -0.430. The summed E-state index contributed by atoms with van der Waals surface area (Å²) in [6.45, 7) is 3.75. The van der Waals surface area contributed by atoms with Crippen LogP contribution < -0.4 is 4.72 Å². The van der Waals surface area contributed by atoms with Crippen molar-refractivity contribution in [3.63, 3.8) is 0 Å². The quantitative estimate of drug-likeness (QED) is 0.897. The summed E-state index contributed by atoms with van der Waals surface area (Å²) in [6, 6.07) is 5.89. The molecule has 2 aliphatic rings. The number of nitrogens with zero attached hydrogens (tertiary/aromatic N) is 1. The van der Waals surface area contributed by atoms with Gasteiger partial charge in [0.05, 0.1) is 4.90 Å². The molecule has 2 fully saturated rings. The van der Waals surface area contributed by atoms with Crippen LogP contribution in [0.4, 0.5) is 0 Å². The molecular weight excluding hydrogens is 340 g/mol. The van der Waals surface area contributed by atoms with E-state index < -0.39 is 10.0 Å². The number of aryl methyl sites for hydroxylation is 1. The molecule has 1 saturated heterocycles. The third kappa shape index (κ3) is 3.08. The van der Waals surface area contributed by atoms with Crippen molar-refractivity contribution in [1.82, 2.24) is 9.62 Å². The van der Waals surface area contributed by atoms with E-state index in [1.54, 1.807) is 18.2 Å². The lowest BCUT2D eigenvalue weighted by molar-refractivity contribution is 0.322. The van der Waals surface area contributed by atoms with Crippen molar-refractivity contribution in [3.8, 4) is 0 Å². The van der Waals surface area contributed by atoms with Gasteiger partial charge < -0.3 is 0 Å². The molecule has 110 valence electrons. The summed E-state index contributed by atoms with van der Waals surface area (Å²) in [6.07, 6.45) is 3.45. The highest BCUT2D eigenvalue weighted by Crippen LogP contribution is 2.30. The minimum Gasteiger partial charge on any atom is -0.299 e. The molecule has 0 radical (unpaired) electrons. The monoisotopic (exact) mass is 358 g/mol. The average molecular weight is 359 g/mol. The zero-order chi connectivity index (χ0) is 14.3. The second kappa shape index (κ2) is 5.40. The molecule has 1 aliphatic carbocycles. The molecule has 1 heterocycles. The highest BCUT2D eigenvalue weighted by molar-refractivity contribution is 9.10. The van der Waals surface area contributed by atoms with E-state index in [1.807, 2.05) is 6.92 Å². The first kappa shape index (κ1) is 14.5. The Bertz CT molecular complexity index is 614.